The number of hydrogen-bond donors (Lipinski definition) is 0. The first-order chi connectivity index (χ1) is 18.0. The van der Waals surface area contributed by atoms with Gasteiger partial charge in [0.15, 0.2) is 11.6 Å². The van der Waals surface area contributed by atoms with Crippen LogP contribution in [0.1, 0.15) is 80.1 Å². The van der Waals surface area contributed by atoms with Gasteiger partial charge in [-0.25, -0.2) is 0 Å². The van der Waals surface area contributed by atoms with E-state index >= 15 is 0 Å². The van der Waals surface area contributed by atoms with Crippen molar-refractivity contribution < 1.29 is 19.1 Å². The molecule has 0 bridgehead atoms. The minimum Gasteiger partial charge on any atom is -0.497 e. The van der Waals surface area contributed by atoms with Gasteiger partial charge in [0.2, 0.25) is 0 Å². The summed E-state index contributed by atoms with van der Waals surface area (Å²) in [6.45, 7) is 9.16. The molecule has 1 unspecified atom stereocenters. The summed E-state index contributed by atoms with van der Waals surface area (Å²) in [6, 6.07) is 15.2. The zero-order valence-corrected chi connectivity index (χ0v) is 22.4. The lowest BCUT2D eigenvalue weighted by molar-refractivity contribution is -0.115. The van der Waals surface area contributed by atoms with E-state index in [1.807, 2.05) is 24.3 Å². The van der Waals surface area contributed by atoms with Crippen LogP contribution in [0, 0.1) is 0 Å². The molecule has 0 aromatic heterocycles. The van der Waals surface area contributed by atoms with Crippen LogP contribution in [0.25, 0.3) is 0 Å². The number of nitrogens with zero attached hydrogens (tertiary/aromatic N) is 1. The van der Waals surface area contributed by atoms with Crippen LogP contribution in [0.3, 0.4) is 0 Å². The molecule has 37 heavy (non-hydrogen) atoms. The molecule has 2 aromatic rings. The molecule has 5 heteroatoms. The van der Waals surface area contributed by atoms with Gasteiger partial charge < -0.3 is 14.4 Å². The van der Waals surface area contributed by atoms with E-state index in [4.69, 9.17) is 9.47 Å². The number of ether oxygens (including phenoxy) is 2. The van der Waals surface area contributed by atoms with Crippen LogP contribution in [-0.2, 0) is 4.79 Å². The number of carbonyl (C=O) groups is 2. The minimum atomic E-state index is -0.182. The van der Waals surface area contributed by atoms with Crippen molar-refractivity contribution in [3.63, 3.8) is 0 Å². The Kier molecular flexibility index (Phi) is 11.5. The molecule has 0 N–H and O–H groups in total. The largest absolute Gasteiger partial charge is 0.497 e. The van der Waals surface area contributed by atoms with Crippen molar-refractivity contribution in [3.8, 4) is 11.5 Å². The van der Waals surface area contributed by atoms with Gasteiger partial charge in [0.05, 0.1) is 13.7 Å². The lowest BCUT2D eigenvalue weighted by Gasteiger charge is -2.19. The number of rotatable bonds is 16. The number of carbonyl (C=O) groups excluding carboxylic acids is 2. The van der Waals surface area contributed by atoms with E-state index in [2.05, 4.69) is 30.7 Å². The highest BCUT2D eigenvalue weighted by Gasteiger charge is 2.20. The normalized spacial score (nSPS) is 14.1. The molecule has 1 fully saturated rings. The van der Waals surface area contributed by atoms with Crippen LogP contribution in [-0.4, -0.2) is 43.3 Å². The van der Waals surface area contributed by atoms with E-state index in [0.717, 1.165) is 43.0 Å². The molecule has 0 spiro atoms. The van der Waals surface area contributed by atoms with Gasteiger partial charge in [-0.2, -0.15) is 0 Å². The topological polar surface area (TPSA) is 55.8 Å². The summed E-state index contributed by atoms with van der Waals surface area (Å²) >= 11 is 0. The predicted octanol–water partition coefficient (Wildman–Crippen LogP) is 7.14. The Morgan fingerprint density at radius 3 is 2.24 bits per heavy atom. The Morgan fingerprint density at radius 2 is 1.59 bits per heavy atom. The van der Waals surface area contributed by atoms with Crippen molar-refractivity contribution in [1.29, 1.82) is 0 Å². The van der Waals surface area contributed by atoms with Crippen molar-refractivity contribution in [2.24, 2.45) is 0 Å². The van der Waals surface area contributed by atoms with Crippen molar-refractivity contribution in [1.82, 2.24) is 4.90 Å². The Bertz CT molecular complexity index is 1030. The highest BCUT2D eigenvalue weighted by molar-refractivity contribution is 5.97. The molecule has 1 saturated heterocycles. The number of Topliss-reactive ketones (excluding diaryl/α,β-unsaturated/α-hetero) is 2. The van der Waals surface area contributed by atoms with Crippen LogP contribution in [0.15, 0.2) is 73.0 Å². The van der Waals surface area contributed by atoms with Gasteiger partial charge in [0, 0.05) is 37.4 Å². The molecule has 2 aromatic carbocycles. The third-order valence-corrected chi connectivity index (χ3v) is 6.84. The van der Waals surface area contributed by atoms with Gasteiger partial charge in [0.25, 0.3) is 0 Å². The third-order valence-electron chi connectivity index (χ3n) is 6.84. The average molecular weight is 504 g/mol. The monoisotopic (exact) mass is 503 g/mol. The molecule has 0 radical (unpaired) electrons. The van der Waals surface area contributed by atoms with Gasteiger partial charge in [-0.1, -0.05) is 38.1 Å². The van der Waals surface area contributed by atoms with Gasteiger partial charge in [0.1, 0.15) is 11.5 Å². The fraction of sp³-hybridized carbons (Fsp3) is 0.438. The van der Waals surface area contributed by atoms with E-state index < -0.39 is 0 Å². The van der Waals surface area contributed by atoms with Crippen LogP contribution < -0.4 is 9.47 Å². The second-order valence-electron chi connectivity index (χ2n) is 9.64. The standard InChI is InChI=1S/C32H41NO4/c1-4-5-24-37-29-18-12-26(13-19-29)30(20-23-33-21-8-9-22-33)25(2)31(34)10-6-7-11-32(35)27-14-16-28(36-3)17-15-27/h12-20,23,30H,2,4-11,21-22,24H2,1,3H3. The molecule has 0 aliphatic carbocycles. The third kappa shape index (κ3) is 8.92. The Balaban J connectivity index is 1.57. The number of ketones is 2. The molecule has 0 saturated carbocycles. The van der Waals surface area contributed by atoms with Crippen LogP contribution in [0.5, 0.6) is 11.5 Å². The Hall–Kier alpha value is -3.34. The Labute approximate surface area is 222 Å². The molecule has 0 amide bonds. The van der Waals surface area contributed by atoms with Gasteiger partial charge in [-0.05, 0) is 85.8 Å². The molecular weight excluding hydrogens is 462 g/mol. The molecule has 1 heterocycles. The van der Waals surface area contributed by atoms with E-state index in [1.165, 1.54) is 12.8 Å². The number of benzene rings is 2. The number of methoxy groups -OCH3 is 1. The van der Waals surface area contributed by atoms with E-state index in [1.54, 1.807) is 31.4 Å². The van der Waals surface area contributed by atoms with E-state index in [-0.39, 0.29) is 17.5 Å². The number of hydrogen-bond acceptors (Lipinski definition) is 5. The predicted molar refractivity (Wildman–Crippen MR) is 149 cm³/mol. The van der Waals surface area contributed by atoms with Crippen molar-refractivity contribution in [3.05, 3.63) is 84.1 Å². The Morgan fingerprint density at radius 1 is 0.946 bits per heavy atom. The molecule has 5 nitrogen and oxygen atoms in total. The summed E-state index contributed by atoms with van der Waals surface area (Å²) in [5.41, 5.74) is 2.30. The first-order valence-corrected chi connectivity index (χ1v) is 13.6. The summed E-state index contributed by atoms with van der Waals surface area (Å²) in [5, 5.41) is 0. The lowest BCUT2D eigenvalue weighted by Crippen LogP contribution is -2.14. The number of allylic oxidation sites excluding steroid dienone is 2. The summed E-state index contributed by atoms with van der Waals surface area (Å²) in [7, 11) is 1.60. The minimum absolute atomic E-state index is 0.0521. The molecule has 3 rings (SSSR count). The summed E-state index contributed by atoms with van der Waals surface area (Å²) < 4.78 is 11.0. The average Bonchev–Trinajstić information content (AvgIpc) is 3.45. The van der Waals surface area contributed by atoms with Crippen LogP contribution in [0.2, 0.25) is 0 Å². The first kappa shape index (κ1) is 28.2. The molecule has 1 aliphatic rings. The fourth-order valence-electron chi connectivity index (χ4n) is 4.46. The second-order valence-corrected chi connectivity index (χ2v) is 9.64. The van der Waals surface area contributed by atoms with Gasteiger partial charge in [-0.3, -0.25) is 9.59 Å². The maximum Gasteiger partial charge on any atom is 0.162 e. The molecule has 1 aliphatic heterocycles. The number of likely N-dealkylation sites (tertiary alicyclic amines) is 1. The summed E-state index contributed by atoms with van der Waals surface area (Å²) in [4.78, 5) is 27.9. The van der Waals surface area contributed by atoms with Crippen LogP contribution in [0.4, 0.5) is 0 Å². The van der Waals surface area contributed by atoms with Crippen molar-refractivity contribution >= 4 is 11.6 Å². The SMILES string of the molecule is C=C(C(=O)CCCCC(=O)c1ccc(OC)cc1)C(C=CN1CCCC1)c1ccc(OCCCC)cc1. The lowest BCUT2D eigenvalue weighted by atomic mass is 9.87. The number of unbranched alkanes of at least 4 members (excludes halogenated alkanes) is 2. The zero-order chi connectivity index (χ0) is 26.5. The van der Waals surface area contributed by atoms with E-state index in [0.29, 0.717) is 43.4 Å². The van der Waals surface area contributed by atoms with Crippen molar-refractivity contribution in [2.75, 3.05) is 26.8 Å². The van der Waals surface area contributed by atoms with Gasteiger partial charge in [-0.15, -0.1) is 0 Å². The second kappa shape index (κ2) is 15.0. The molecule has 1 atom stereocenters. The summed E-state index contributed by atoms with van der Waals surface area (Å²) in [6.07, 6.45) is 10.9. The van der Waals surface area contributed by atoms with Gasteiger partial charge >= 0.3 is 0 Å². The quantitative estimate of drug-likeness (QED) is 0.138. The highest BCUT2D eigenvalue weighted by atomic mass is 16.5. The zero-order valence-electron chi connectivity index (χ0n) is 22.4. The fourth-order valence-corrected chi connectivity index (χ4v) is 4.46. The van der Waals surface area contributed by atoms with E-state index in [9.17, 15) is 9.59 Å². The first-order valence-electron chi connectivity index (χ1n) is 13.6. The molecule has 198 valence electrons. The maximum atomic E-state index is 13.1. The molecular formula is C32H41NO4. The maximum absolute atomic E-state index is 13.1. The summed E-state index contributed by atoms with van der Waals surface area (Å²) in [5.74, 6) is 1.53. The van der Waals surface area contributed by atoms with Crippen molar-refractivity contribution in [2.45, 2.75) is 64.2 Å². The van der Waals surface area contributed by atoms with Crippen LogP contribution >= 0.6 is 0 Å². The highest BCUT2D eigenvalue weighted by Crippen LogP contribution is 2.29. The smallest absolute Gasteiger partial charge is 0.162 e.